The number of thiophene rings is 1. The largest absolute Gasteiger partial charge is 0.459 e. The van der Waals surface area contributed by atoms with Gasteiger partial charge in [0.25, 0.3) is 0 Å². The van der Waals surface area contributed by atoms with Crippen molar-refractivity contribution in [1.29, 1.82) is 0 Å². The molecular weight excluding hydrogens is 312 g/mol. The fourth-order valence-electron chi connectivity index (χ4n) is 2.40. The first-order valence-electron chi connectivity index (χ1n) is 7.39. The second kappa shape index (κ2) is 6.52. The van der Waals surface area contributed by atoms with E-state index in [4.69, 9.17) is 9.84 Å². The van der Waals surface area contributed by atoms with Crippen molar-refractivity contribution in [3.63, 3.8) is 0 Å². The Bertz CT molecular complexity index is 834. The van der Waals surface area contributed by atoms with Crippen molar-refractivity contribution in [1.82, 2.24) is 9.78 Å². The van der Waals surface area contributed by atoms with Crippen molar-refractivity contribution in [2.24, 2.45) is 0 Å². The van der Waals surface area contributed by atoms with Gasteiger partial charge in [0.15, 0.2) is 0 Å². The summed E-state index contributed by atoms with van der Waals surface area (Å²) < 4.78 is 6.90. The topological polar surface area (TPSA) is 64.4 Å². The maximum absolute atomic E-state index is 11.9. The zero-order valence-corrected chi connectivity index (χ0v) is 13.9. The van der Waals surface area contributed by atoms with E-state index in [9.17, 15) is 4.79 Å². The van der Waals surface area contributed by atoms with Crippen molar-refractivity contribution < 1.29 is 14.6 Å². The Balaban J connectivity index is 1.90. The van der Waals surface area contributed by atoms with Gasteiger partial charge in [0, 0.05) is 5.39 Å². The lowest BCUT2D eigenvalue weighted by molar-refractivity contribution is 0.0439. The summed E-state index contributed by atoms with van der Waals surface area (Å²) in [6.45, 7) is 4.50. The van der Waals surface area contributed by atoms with Crippen LogP contribution in [-0.4, -0.2) is 34.1 Å². The number of esters is 1. The molecule has 23 heavy (non-hydrogen) atoms. The Morgan fingerprint density at radius 3 is 2.74 bits per heavy atom. The van der Waals surface area contributed by atoms with Crippen molar-refractivity contribution in [3.05, 3.63) is 52.0 Å². The van der Waals surface area contributed by atoms with Crippen LogP contribution in [0.2, 0.25) is 0 Å². The van der Waals surface area contributed by atoms with Gasteiger partial charge in [-0.2, -0.15) is 5.10 Å². The Morgan fingerprint density at radius 2 is 2.04 bits per heavy atom. The summed E-state index contributed by atoms with van der Waals surface area (Å²) in [5, 5.41) is 14.3. The number of aromatic nitrogens is 2. The molecule has 0 amide bonds. The highest BCUT2D eigenvalue weighted by Crippen LogP contribution is 2.29. The van der Waals surface area contributed by atoms with Crippen molar-refractivity contribution in [3.8, 4) is 0 Å². The number of ether oxygens (including phenoxy) is 1. The first-order valence-corrected chi connectivity index (χ1v) is 8.20. The zero-order chi connectivity index (χ0) is 16.4. The van der Waals surface area contributed by atoms with Gasteiger partial charge in [-0.25, -0.2) is 4.79 Å². The van der Waals surface area contributed by atoms with E-state index in [0.29, 0.717) is 11.4 Å². The summed E-state index contributed by atoms with van der Waals surface area (Å²) in [7, 11) is 0. The Morgan fingerprint density at radius 1 is 1.30 bits per heavy atom. The molecule has 1 aromatic carbocycles. The molecule has 2 aromatic heterocycles. The third kappa shape index (κ3) is 3.28. The monoisotopic (exact) mass is 330 g/mol. The third-order valence-corrected chi connectivity index (χ3v) is 4.71. The molecule has 0 aliphatic rings. The van der Waals surface area contributed by atoms with Crippen LogP contribution >= 0.6 is 11.3 Å². The Hall–Kier alpha value is -2.18. The number of aryl methyl sites for hydroxylation is 2. The molecular formula is C17H18N2O3S. The molecule has 5 nitrogen and oxygen atoms in total. The lowest BCUT2D eigenvalue weighted by atomic mass is 10.1. The molecule has 2 heterocycles. The van der Waals surface area contributed by atoms with Gasteiger partial charge in [-0.1, -0.05) is 29.8 Å². The lowest BCUT2D eigenvalue weighted by Gasteiger charge is -2.03. The maximum atomic E-state index is 11.9. The molecule has 3 rings (SSSR count). The van der Waals surface area contributed by atoms with Crippen LogP contribution in [0, 0.1) is 13.8 Å². The van der Waals surface area contributed by atoms with Gasteiger partial charge < -0.3 is 9.84 Å². The molecule has 0 saturated heterocycles. The summed E-state index contributed by atoms with van der Waals surface area (Å²) in [6.07, 6.45) is 0. The Labute approximate surface area is 138 Å². The SMILES string of the molecule is Cc1ccc(Cn2nc(C)c3cc(C(=O)OCCO)sc32)cc1. The van der Waals surface area contributed by atoms with E-state index in [-0.39, 0.29) is 13.2 Å². The third-order valence-electron chi connectivity index (χ3n) is 3.59. The second-order valence-electron chi connectivity index (χ2n) is 5.42. The van der Waals surface area contributed by atoms with Crippen LogP contribution in [-0.2, 0) is 11.3 Å². The molecule has 120 valence electrons. The number of hydrogen-bond acceptors (Lipinski definition) is 5. The molecule has 1 N–H and O–H groups in total. The minimum absolute atomic E-state index is 0.0154. The predicted molar refractivity (Wildman–Crippen MR) is 90.0 cm³/mol. The second-order valence-corrected chi connectivity index (χ2v) is 6.45. The zero-order valence-electron chi connectivity index (χ0n) is 13.1. The smallest absolute Gasteiger partial charge is 0.348 e. The first kappa shape index (κ1) is 15.7. The summed E-state index contributed by atoms with van der Waals surface area (Å²) in [6, 6.07) is 10.1. The first-order chi connectivity index (χ1) is 11.1. The highest BCUT2D eigenvalue weighted by molar-refractivity contribution is 7.20. The van der Waals surface area contributed by atoms with Crippen LogP contribution in [0.15, 0.2) is 30.3 Å². The van der Waals surface area contributed by atoms with Crippen molar-refractivity contribution in [2.45, 2.75) is 20.4 Å². The molecule has 3 aromatic rings. The molecule has 0 aliphatic heterocycles. The number of aliphatic hydroxyl groups excluding tert-OH is 1. The quantitative estimate of drug-likeness (QED) is 0.731. The summed E-state index contributed by atoms with van der Waals surface area (Å²) in [4.78, 5) is 13.4. The number of nitrogens with zero attached hydrogens (tertiary/aromatic N) is 2. The van der Waals surface area contributed by atoms with Gasteiger partial charge in [0.1, 0.15) is 16.3 Å². The van der Waals surface area contributed by atoms with Gasteiger partial charge in [-0.05, 0) is 25.5 Å². The predicted octanol–water partition coefficient (Wildman–Crippen LogP) is 2.91. The van der Waals surface area contributed by atoms with Crippen molar-refractivity contribution >= 4 is 27.5 Å². The summed E-state index contributed by atoms with van der Waals surface area (Å²) in [5.74, 6) is -0.401. The van der Waals surface area contributed by atoms with Crippen molar-refractivity contribution in [2.75, 3.05) is 13.2 Å². The van der Waals surface area contributed by atoms with E-state index >= 15 is 0 Å². The molecule has 0 unspecified atom stereocenters. The number of aliphatic hydroxyl groups is 1. The minimum atomic E-state index is -0.401. The van der Waals surface area contributed by atoms with E-state index in [2.05, 4.69) is 36.3 Å². The molecule has 0 aliphatic carbocycles. The van der Waals surface area contributed by atoms with Gasteiger partial charge in [-0.3, -0.25) is 4.68 Å². The average molecular weight is 330 g/mol. The highest BCUT2D eigenvalue weighted by atomic mass is 32.1. The fraction of sp³-hybridized carbons (Fsp3) is 0.294. The maximum Gasteiger partial charge on any atom is 0.348 e. The van der Waals surface area contributed by atoms with Gasteiger partial charge >= 0.3 is 5.97 Å². The number of fused-ring (bicyclic) bond motifs is 1. The van der Waals surface area contributed by atoms with E-state index in [1.807, 2.05) is 17.7 Å². The molecule has 0 radical (unpaired) electrons. The minimum Gasteiger partial charge on any atom is -0.459 e. The molecule has 0 saturated carbocycles. The van der Waals surface area contributed by atoms with E-state index in [1.54, 1.807) is 0 Å². The summed E-state index contributed by atoms with van der Waals surface area (Å²) in [5.41, 5.74) is 3.28. The van der Waals surface area contributed by atoms with Crippen LogP contribution in [0.4, 0.5) is 0 Å². The standard InChI is InChI=1S/C17H18N2O3S/c1-11-3-5-13(6-4-11)10-19-16-14(12(2)18-19)9-15(23-16)17(21)22-8-7-20/h3-6,9,20H,7-8,10H2,1-2H3. The molecule has 0 spiro atoms. The summed E-state index contributed by atoms with van der Waals surface area (Å²) >= 11 is 1.37. The van der Waals surface area contributed by atoms with Crippen LogP contribution in [0.1, 0.15) is 26.5 Å². The number of carbonyl (C=O) groups is 1. The van der Waals surface area contributed by atoms with E-state index in [1.165, 1.54) is 16.9 Å². The highest BCUT2D eigenvalue weighted by Gasteiger charge is 2.17. The molecule has 0 fully saturated rings. The van der Waals surface area contributed by atoms with Gasteiger partial charge in [0.2, 0.25) is 0 Å². The van der Waals surface area contributed by atoms with Crippen LogP contribution in [0.25, 0.3) is 10.2 Å². The lowest BCUT2D eigenvalue weighted by Crippen LogP contribution is -2.07. The molecule has 0 bridgehead atoms. The van der Waals surface area contributed by atoms with Crippen LogP contribution in [0.5, 0.6) is 0 Å². The van der Waals surface area contributed by atoms with Gasteiger partial charge in [-0.15, -0.1) is 11.3 Å². The number of rotatable bonds is 5. The van der Waals surface area contributed by atoms with Crippen LogP contribution < -0.4 is 0 Å². The Kier molecular flexibility index (Phi) is 4.45. The van der Waals surface area contributed by atoms with E-state index < -0.39 is 5.97 Å². The average Bonchev–Trinajstić information content (AvgIpc) is 3.09. The molecule has 6 heteroatoms. The molecule has 0 atom stereocenters. The number of benzene rings is 1. The van der Waals surface area contributed by atoms with Crippen LogP contribution in [0.3, 0.4) is 0 Å². The number of carbonyl (C=O) groups excluding carboxylic acids is 1. The van der Waals surface area contributed by atoms with E-state index in [0.717, 1.165) is 21.5 Å². The normalized spacial score (nSPS) is 11.1. The number of hydrogen-bond donors (Lipinski definition) is 1. The van der Waals surface area contributed by atoms with Gasteiger partial charge in [0.05, 0.1) is 18.8 Å². The fourth-order valence-corrected chi connectivity index (χ4v) is 3.45.